The zero-order chi connectivity index (χ0) is 15.8. The van der Waals surface area contributed by atoms with Crippen LogP contribution in [0.5, 0.6) is 0 Å². The summed E-state index contributed by atoms with van der Waals surface area (Å²) in [5.74, 6) is 0. The summed E-state index contributed by atoms with van der Waals surface area (Å²) in [4.78, 5) is 10.0. The Bertz CT molecular complexity index is 673. The Morgan fingerprint density at radius 1 is 1.43 bits per heavy atom. The minimum atomic E-state index is -3.91. The average Bonchev–Trinajstić information content (AvgIpc) is 2.67. The fourth-order valence-corrected chi connectivity index (χ4v) is 4.65. The van der Waals surface area contributed by atoms with E-state index in [4.69, 9.17) is 0 Å². The first kappa shape index (κ1) is 16.4. The fourth-order valence-electron chi connectivity index (χ4n) is 2.67. The molecule has 1 atom stereocenters. The van der Waals surface area contributed by atoms with Crippen LogP contribution in [0.3, 0.4) is 0 Å². The SMILES string of the molecule is CC1(C)CCC(NS(=O)(=O)c2cc(Br)ccc2[N+](=O)[O-])C1. The van der Waals surface area contributed by atoms with E-state index in [0.717, 1.165) is 19.3 Å². The van der Waals surface area contributed by atoms with Gasteiger partial charge in [-0.3, -0.25) is 10.1 Å². The third kappa shape index (κ3) is 3.81. The lowest BCUT2D eigenvalue weighted by molar-refractivity contribution is -0.387. The van der Waals surface area contributed by atoms with Gasteiger partial charge in [0.2, 0.25) is 10.0 Å². The fraction of sp³-hybridized carbons (Fsp3) is 0.538. The number of nitrogens with one attached hydrogen (secondary N) is 1. The number of nitro benzene ring substituents is 1. The second kappa shape index (κ2) is 5.66. The van der Waals surface area contributed by atoms with Crippen molar-refractivity contribution in [3.05, 3.63) is 32.8 Å². The smallest absolute Gasteiger partial charge is 0.258 e. The number of halogens is 1. The summed E-state index contributed by atoms with van der Waals surface area (Å²) in [5.41, 5.74) is -0.320. The van der Waals surface area contributed by atoms with Crippen molar-refractivity contribution in [2.45, 2.75) is 44.0 Å². The quantitative estimate of drug-likeness (QED) is 0.645. The van der Waals surface area contributed by atoms with Gasteiger partial charge in [0.1, 0.15) is 0 Å². The molecule has 8 heteroatoms. The summed E-state index contributed by atoms with van der Waals surface area (Å²) in [6.07, 6.45) is 2.41. The molecule has 1 unspecified atom stereocenters. The normalized spacial score (nSPS) is 21.4. The molecule has 1 fully saturated rings. The van der Waals surface area contributed by atoms with Gasteiger partial charge in [-0.1, -0.05) is 29.8 Å². The lowest BCUT2D eigenvalue weighted by atomic mass is 9.92. The van der Waals surface area contributed by atoms with E-state index in [0.29, 0.717) is 4.47 Å². The minimum Gasteiger partial charge on any atom is -0.258 e. The maximum absolute atomic E-state index is 12.4. The van der Waals surface area contributed by atoms with Gasteiger partial charge in [-0.2, -0.15) is 0 Å². The van der Waals surface area contributed by atoms with E-state index >= 15 is 0 Å². The molecule has 1 aliphatic rings. The minimum absolute atomic E-state index is 0.0936. The van der Waals surface area contributed by atoms with Gasteiger partial charge in [-0.05, 0) is 36.8 Å². The van der Waals surface area contributed by atoms with E-state index in [1.807, 2.05) is 0 Å². The largest absolute Gasteiger partial charge is 0.289 e. The number of rotatable bonds is 4. The van der Waals surface area contributed by atoms with E-state index in [9.17, 15) is 18.5 Å². The van der Waals surface area contributed by atoms with E-state index in [-0.39, 0.29) is 16.4 Å². The molecule has 116 valence electrons. The van der Waals surface area contributed by atoms with Crippen LogP contribution >= 0.6 is 15.9 Å². The molecular weight excluding hydrogens is 360 g/mol. The van der Waals surface area contributed by atoms with E-state index in [1.165, 1.54) is 18.2 Å². The van der Waals surface area contributed by atoms with Crippen LogP contribution in [0.1, 0.15) is 33.1 Å². The van der Waals surface area contributed by atoms with Crippen molar-refractivity contribution < 1.29 is 13.3 Å². The van der Waals surface area contributed by atoms with Crippen molar-refractivity contribution in [2.24, 2.45) is 5.41 Å². The summed E-state index contributed by atoms with van der Waals surface area (Å²) < 4.78 is 28.0. The Morgan fingerprint density at radius 2 is 2.10 bits per heavy atom. The molecule has 0 radical (unpaired) electrons. The number of sulfonamides is 1. The lowest BCUT2D eigenvalue weighted by Gasteiger charge is -2.18. The van der Waals surface area contributed by atoms with Crippen LogP contribution in [0.2, 0.25) is 0 Å². The predicted molar refractivity (Wildman–Crippen MR) is 82.5 cm³/mol. The molecule has 1 saturated carbocycles. The van der Waals surface area contributed by atoms with Crippen molar-refractivity contribution in [1.29, 1.82) is 0 Å². The lowest BCUT2D eigenvalue weighted by Crippen LogP contribution is -2.33. The Labute approximate surface area is 132 Å². The Balaban J connectivity index is 2.32. The summed E-state index contributed by atoms with van der Waals surface area (Å²) in [5, 5.41) is 11.0. The molecule has 0 amide bonds. The average molecular weight is 377 g/mol. The van der Waals surface area contributed by atoms with E-state index in [1.54, 1.807) is 0 Å². The van der Waals surface area contributed by atoms with Crippen LogP contribution in [0.4, 0.5) is 5.69 Å². The third-order valence-electron chi connectivity index (χ3n) is 3.70. The van der Waals surface area contributed by atoms with Crippen molar-refractivity contribution in [1.82, 2.24) is 4.72 Å². The first-order chi connectivity index (χ1) is 9.61. The molecule has 0 aromatic heterocycles. The molecule has 6 nitrogen and oxygen atoms in total. The van der Waals surface area contributed by atoms with Gasteiger partial charge in [0.25, 0.3) is 5.69 Å². The van der Waals surface area contributed by atoms with E-state index in [2.05, 4.69) is 34.5 Å². The molecule has 0 bridgehead atoms. The van der Waals surface area contributed by atoms with Crippen LogP contribution in [0, 0.1) is 15.5 Å². The van der Waals surface area contributed by atoms with Crippen molar-refractivity contribution in [2.75, 3.05) is 0 Å². The van der Waals surface area contributed by atoms with Crippen LogP contribution in [-0.2, 0) is 10.0 Å². The Morgan fingerprint density at radius 3 is 2.62 bits per heavy atom. The third-order valence-corrected chi connectivity index (χ3v) is 5.74. The number of hydrogen-bond acceptors (Lipinski definition) is 4. The van der Waals surface area contributed by atoms with Gasteiger partial charge in [0.05, 0.1) is 4.92 Å². The second-order valence-electron chi connectivity index (χ2n) is 6.09. The maximum Gasteiger partial charge on any atom is 0.289 e. The highest BCUT2D eigenvalue weighted by Crippen LogP contribution is 2.38. The van der Waals surface area contributed by atoms with Gasteiger partial charge >= 0.3 is 0 Å². The highest BCUT2D eigenvalue weighted by atomic mass is 79.9. The van der Waals surface area contributed by atoms with Crippen LogP contribution in [-0.4, -0.2) is 19.4 Å². The summed E-state index contributed by atoms with van der Waals surface area (Å²) in [6.45, 7) is 4.17. The first-order valence-electron chi connectivity index (χ1n) is 6.57. The number of benzene rings is 1. The van der Waals surface area contributed by atoms with Gasteiger partial charge in [-0.25, -0.2) is 13.1 Å². The monoisotopic (exact) mass is 376 g/mol. The van der Waals surface area contributed by atoms with Gasteiger partial charge in [-0.15, -0.1) is 0 Å². The molecule has 0 saturated heterocycles. The zero-order valence-corrected chi connectivity index (χ0v) is 14.2. The Kier molecular flexibility index (Phi) is 4.41. The highest BCUT2D eigenvalue weighted by molar-refractivity contribution is 9.10. The molecule has 1 aromatic rings. The molecular formula is C13H17BrN2O4S. The van der Waals surface area contributed by atoms with Crippen molar-refractivity contribution in [3.8, 4) is 0 Å². The molecule has 0 aliphatic heterocycles. The standard InChI is InChI=1S/C13H17BrN2O4S/c1-13(2)6-5-10(8-13)15-21(19,20)12-7-9(14)3-4-11(12)16(17)18/h3-4,7,10,15H,5-6,8H2,1-2H3. The topological polar surface area (TPSA) is 89.3 Å². The highest BCUT2D eigenvalue weighted by Gasteiger charge is 2.35. The van der Waals surface area contributed by atoms with Crippen molar-refractivity contribution >= 4 is 31.6 Å². The van der Waals surface area contributed by atoms with Gasteiger partial charge < -0.3 is 0 Å². The van der Waals surface area contributed by atoms with Crippen LogP contribution < -0.4 is 4.72 Å². The summed E-state index contributed by atoms with van der Waals surface area (Å²) >= 11 is 3.15. The Hall–Kier alpha value is -0.990. The molecule has 21 heavy (non-hydrogen) atoms. The van der Waals surface area contributed by atoms with Crippen molar-refractivity contribution in [3.63, 3.8) is 0 Å². The molecule has 1 aromatic carbocycles. The molecule has 1 N–H and O–H groups in total. The van der Waals surface area contributed by atoms with E-state index < -0.39 is 20.6 Å². The van der Waals surface area contributed by atoms with Crippen LogP contribution in [0.15, 0.2) is 27.6 Å². The van der Waals surface area contributed by atoms with Gasteiger partial charge in [0.15, 0.2) is 4.90 Å². The zero-order valence-electron chi connectivity index (χ0n) is 11.8. The first-order valence-corrected chi connectivity index (χ1v) is 8.85. The second-order valence-corrected chi connectivity index (χ2v) is 8.69. The molecule has 1 aliphatic carbocycles. The predicted octanol–water partition coefficient (Wildman–Crippen LogP) is 3.21. The van der Waals surface area contributed by atoms with Crippen LogP contribution in [0.25, 0.3) is 0 Å². The number of nitrogens with zero attached hydrogens (tertiary/aromatic N) is 1. The number of nitro groups is 1. The maximum atomic E-state index is 12.4. The molecule has 0 heterocycles. The molecule has 2 rings (SSSR count). The summed E-state index contributed by atoms with van der Waals surface area (Å²) in [6, 6.07) is 3.73. The molecule has 0 spiro atoms. The summed E-state index contributed by atoms with van der Waals surface area (Å²) in [7, 11) is -3.91. The van der Waals surface area contributed by atoms with Gasteiger partial charge in [0, 0.05) is 16.6 Å². The number of hydrogen-bond donors (Lipinski definition) is 1.